The predicted octanol–water partition coefficient (Wildman–Crippen LogP) is 7.94. The molecular formula is C46H49F2N7O7S. The zero-order chi connectivity index (χ0) is 45.3. The molecule has 0 radical (unpaired) electrons. The lowest BCUT2D eigenvalue weighted by atomic mass is 9.73. The molecule has 14 nitrogen and oxygen atoms in total. The molecule has 63 heavy (non-hydrogen) atoms. The standard InChI is InChI=1S/C46H49F2N7O7S/c1-7-61-43(58)29(2)22-30-12-11-13-31(23-30)46(5,20-19-45(3,4)28-56)44-49-42(53(6)51-44)35-24-32(16-17-37(35)47)62-41-36(26-54-27-40(57)50-52-54)34-18-21-55(39(34)25-38(41)48)63(59,60)33-14-9-8-10-15-33/h8-18,21,23-25,27,29,56-57H,7,19-20,22,26,28H2,1-6H3. The minimum atomic E-state index is -4.14. The number of carbonyl (C=O) groups excluding carboxylic acids is 1. The molecule has 0 bridgehead atoms. The summed E-state index contributed by atoms with van der Waals surface area (Å²) in [5, 5.41) is 32.8. The van der Waals surface area contributed by atoms with Crippen LogP contribution < -0.4 is 4.74 Å². The predicted molar refractivity (Wildman–Crippen MR) is 231 cm³/mol. The molecule has 0 aliphatic rings. The molecule has 7 aromatic rings. The second-order valence-corrected chi connectivity index (χ2v) is 18.5. The van der Waals surface area contributed by atoms with Crippen molar-refractivity contribution < 1.29 is 41.7 Å². The normalized spacial score (nSPS) is 13.5. The highest BCUT2D eigenvalue weighted by Crippen LogP contribution is 2.41. The van der Waals surface area contributed by atoms with Crippen LogP contribution in [0.4, 0.5) is 8.78 Å². The number of benzene rings is 4. The zero-order valence-corrected chi connectivity index (χ0v) is 36.6. The van der Waals surface area contributed by atoms with Crippen LogP contribution in [0.5, 0.6) is 17.4 Å². The number of hydrogen-bond donors (Lipinski definition) is 2. The van der Waals surface area contributed by atoms with Crippen molar-refractivity contribution in [1.29, 1.82) is 0 Å². The fourth-order valence-electron chi connectivity index (χ4n) is 7.51. The van der Waals surface area contributed by atoms with E-state index >= 15 is 8.78 Å². The lowest BCUT2D eigenvalue weighted by Crippen LogP contribution is -2.29. The van der Waals surface area contributed by atoms with Gasteiger partial charge in [-0.2, -0.15) is 5.10 Å². The maximum Gasteiger partial charge on any atom is 0.308 e. The number of aromatic nitrogens is 7. The summed E-state index contributed by atoms with van der Waals surface area (Å²) in [6.45, 7) is 9.56. The summed E-state index contributed by atoms with van der Waals surface area (Å²) < 4.78 is 75.0. The fraction of sp³-hybridized carbons (Fsp3) is 0.326. The monoisotopic (exact) mass is 881 g/mol. The van der Waals surface area contributed by atoms with Crippen LogP contribution in [-0.2, 0) is 45.0 Å². The van der Waals surface area contributed by atoms with Gasteiger partial charge in [-0.3, -0.25) is 4.79 Å². The number of aryl methyl sites for hydroxylation is 1. The number of halogens is 2. The highest BCUT2D eigenvalue weighted by Gasteiger charge is 2.37. The van der Waals surface area contributed by atoms with Crippen LogP contribution in [0, 0.1) is 23.0 Å². The third-order valence-electron chi connectivity index (χ3n) is 11.3. The molecule has 0 fully saturated rings. The molecule has 0 aliphatic carbocycles. The van der Waals surface area contributed by atoms with Gasteiger partial charge in [-0.15, -0.1) is 0 Å². The number of aromatic hydroxyl groups is 1. The Hall–Kier alpha value is -6.46. The summed E-state index contributed by atoms with van der Waals surface area (Å²) >= 11 is 0. The second-order valence-electron chi connectivity index (χ2n) is 16.6. The van der Waals surface area contributed by atoms with Gasteiger partial charge >= 0.3 is 5.97 Å². The molecule has 330 valence electrons. The van der Waals surface area contributed by atoms with Gasteiger partial charge in [0.2, 0.25) is 0 Å². The first-order chi connectivity index (χ1) is 29.9. The third kappa shape index (κ3) is 9.20. The molecule has 0 saturated carbocycles. The van der Waals surface area contributed by atoms with E-state index in [-0.39, 0.29) is 76.4 Å². The quantitative estimate of drug-likeness (QED) is 0.0850. The van der Waals surface area contributed by atoms with Crippen molar-refractivity contribution in [2.45, 2.75) is 70.7 Å². The fourth-order valence-corrected chi connectivity index (χ4v) is 8.87. The van der Waals surface area contributed by atoms with Gasteiger partial charge < -0.3 is 19.7 Å². The van der Waals surface area contributed by atoms with Crippen LogP contribution >= 0.6 is 0 Å². The van der Waals surface area contributed by atoms with Crippen LogP contribution in [0.25, 0.3) is 22.3 Å². The summed E-state index contributed by atoms with van der Waals surface area (Å²) in [6.07, 6.45) is 4.08. The topological polar surface area (TPSA) is 176 Å². The minimum absolute atomic E-state index is 0.000236. The van der Waals surface area contributed by atoms with Gasteiger partial charge in [-0.05, 0) is 86.1 Å². The van der Waals surface area contributed by atoms with Gasteiger partial charge in [-0.1, -0.05) is 73.5 Å². The molecule has 2 unspecified atom stereocenters. The molecule has 3 aromatic heterocycles. The number of ether oxygens (including phenoxy) is 2. The SMILES string of the molecule is CCOC(=O)C(C)Cc1cccc(C(C)(CCC(C)(C)CO)c2nc(-c3cc(Oc4c(F)cc5c(ccn5S(=O)(=O)c5ccccc5)c4Cn4cc(O)nn4)ccc3F)n(C)n2)c1. The molecule has 17 heteroatoms. The number of esters is 1. The van der Waals surface area contributed by atoms with Gasteiger partial charge in [0, 0.05) is 36.9 Å². The van der Waals surface area contributed by atoms with E-state index in [0.29, 0.717) is 30.5 Å². The Bertz CT molecular complexity index is 2890. The molecule has 0 spiro atoms. The molecule has 0 saturated heterocycles. The van der Waals surface area contributed by atoms with E-state index in [9.17, 15) is 23.4 Å². The lowest BCUT2D eigenvalue weighted by molar-refractivity contribution is -0.147. The highest BCUT2D eigenvalue weighted by atomic mass is 32.2. The maximum atomic E-state index is 16.5. The molecule has 2 atom stereocenters. The average molecular weight is 882 g/mol. The maximum absolute atomic E-state index is 16.5. The van der Waals surface area contributed by atoms with Crippen molar-refractivity contribution in [3.05, 3.63) is 131 Å². The summed E-state index contributed by atoms with van der Waals surface area (Å²) in [6, 6.07) is 22.0. The summed E-state index contributed by atoms with van der Waals surface area (Å²) in [4.78, 5) is 17.4. The summed E-state index contributed by atoms with van der Waals surface area (Å²) in [5.74, 6) is -2.34. The van der Waals surface area contributed by atoms with Gasteiger partial charge in [0.15, 0.2) is 23.2 Å². The third-order valence-corrected chi connectivity index (χ3v) is 13.0. The number of hydrogen-bond acceptors (Lipinski definition) is 11. The first kappa shape index (κ1) is 44.6. The van der Waals surface area contributed by atoms with Gasteiger partial charge in [0.1, 0.15) is 11.6 Å². The number of aliphatic hydroxyl groups is 1. The molecule has 7 rings (SSSR count). The number of fused-ring (bicyclic) bond motifs is 1. The Morgan fingerprint density at radius 3 is 2.41 bits per heavy atom. The van der Waals surface area contributed by atoms with Crippen molar-refractivity contribution >= 4 is 26.9 Å². The zero-order valence-electron chi connectivity index (χ0n) is 35.8. The van der Waals surface area contributed by atoms with E-state index in [4.69, 9.17) is 19.6 Å². The molecule has 0 aliphatic heterocycles. The highest BCUT2D eigenvalue weighted by molar-refractivity contribution is 7.90. The number of nitrogens with zero attached hydrogens (tertiary/aromatic N) is 7. The largest absolute Gasteiger partial charge is 0.491 e. The van der Waals surface area contributed by atoms with Crippen LogP contribution in [0.1, 0.15) is 70.0 Å². The Morgan fingerprint density at radius 1 is 0.952 bits per heavy atom. The second kappa shape index (κ2) is 17.7. The Labute approximate surface area is 363 Å². The van der Waals surface area contributed by atoms with Crippen LogP contribution in [0.2, 0.25) is 0 Å². The van der Waals surface area contributed by atoms with Gasteiger partial charge in [-0.25, -0.2) is 35.5 Å². The van der Waals surface area contributed by atoms with Crippen molar-refractivity contribution in [2.24, 2.45) is 18.4 Å². The average Bonchev–Trinajstić information content (AvgIpc) is 4.00. The van der Waals surface area contributed by atoms with Crippen molar-refractivity contribution in [3.8, 4) is 28.8 Å². The Morgan fingerprint density at radius 2 is 1.71 bits per heavy atom. The van der Waals surface area contributed by atoms with Crippen molar-refractivity contribution in [1.82, 2.24) is 33.7 Å². The van der Waals surface area contributed by atoms with Gasteiger partial charge in [0.25, 0.3) is 15.9 Å². The van der Waals surface area contributed by atoms with Gasteiger partial charge in [0.05, 0.1) is 46.7 Å². The molecule has 2 N–H and O–H groups in total. The molecular weight excluding hydrogens is 833 g/mol. The lowest BCUT2D eigenvalue weighted by Gasteiger charge is -2.32. The number of carbonyl (C=O) groups is 1. The van der Waals surface area contributed by atoms with Crippen LogP contribution in [0.15, 0.2) is 102 Å². The summed E-state index contributed by atoms with van der Waals surface area (Å²) in [5.41, 5.74) is 0.702. The molecule has 3 heterocycles. The van der Waals surface area contributed by atoms with E-state index in [1.807, 2.05) is 52.0 Å². The van der Waals surface area contributed by atoms with E-state index in [1.54, 1.807) is 32.2 Å². The number of rotatable bonds is 17. The Kier molecular flexibility index (Phi) is 12.5. The van der Waals surface area contributed by atoms with E-state index < -0.39 is 32.5 Å². The van der Waals surface area contributed by atoms with E-state index in [2.05, 4.69) is 10.3 Å². The summed E-state index contributed by atoms with van der Waals surface area (Å²) in [7, 11) is -2.50. The van der Waals surface area contributed by atoms with Crippen molar-refractivity contribution in [3.63, 3.8) is 0 Å². The van der Waals surface area contributed by atoms with E-state index in [0.717, 1.165) is 21.2 Å². The van der Waals surface area contributed by atoms with Crippen LogP contribution in [-0.4, -0.2) is 71.5 Å². The minimum Gasteiger partial charge on any atom is -0.491 e. The first-order valence-electron chi connectivity index (χ1n) is 20.4. The smallest absolute Gasteiger partial charge is 0.308 e. The van der Waals surface area contributed by atoms with Crippen LogP contribution in [0.3, 0.4) is 0 Å². The molecule has 4 aromatic carbocycles. The Balaban J connectivity index is 1.28. The van der Waals surface area contributed by atoms with Crippen molar-refractivity contribution in [2.75, 3.05) is 13.2 Å². The molecule has 0 amide bonds. The number of aliphatic hydroxyl groups excluding tert-OH is 1. The first-order valence-corrected chi connectivity index (χ1v) is 21.9. The van der Waals surface area contributed by atoms with E-state index in [1.165, 1.54) is 58.2 Å².